The van der Waals surface area contributed by atoms with E-state index < -0.39 is 0 Å². The second kappa shape index (κ2) is 5.90. The van der Waals surface area contributed by atoms with E-state index in [1.165, 1.54) is 0 Å². The molecule has 0 aromatic carbocycles. The quantitative estimate of drug-likeness (QED) is 0.609. The van der Waals surface area contributed by atoms with Crippen molar-refractivity contribution >= 4 is 21.9 Å². The minimum absolute atomic E-state index is 0.159. The monoisotopic (exact) mass is 274 g/mol. The summed E-state index contributed by atoms with van der Waals surface area (Å²) in [5.74, 6) is -0.332. The zero-order chi connectivity index (χ0) is 11.3. The molecule has 1 aromatic heterocycles. The fourth-order valence-corrected chi connectivity index (χ4v) is 1.52. The first-order valence-electron chi connectivity index (χ1n) is 4.92. The Morgan fingerprint density at radius 2 is 2.47 bits per heavy atom. The zero-order valence-electron chi connectivity index (χ0n) is 8.94. The van der Waals surface area contributed by atoms with Gasteiger partial charge in [0.2, 0.25) is 0 Å². The molecule has 0 aliphatic heterocycles. The second-order valence-electron chi connectivity index (χ2n) is 3.32. The average molecular weight is 275 g/mol. The van der Waals surface area contributed by atoms with Gasteiger partial charge in [-0.2, -0.15) is 5.10 Å². The fraction of sp³-hybridized carbons (Fsp3) is 0.600. The van der Waals surface area contributed by atoms with Gasteiger partial charge in [-0.25, -0.2) is 0 Å². The molecule has 0 aliphatic rings. The summed E-state index contributed by atoms with van der Waals surface area (Å²) in [5, 5.41) is 5.00. The van der Waals surface area contributed by atoms with Crippen molar-refractivity contribution in [3.8, 4) is 0 Å². The number of hydrogen-bond acceptors (Lipinski definition) is 3. The number of rotatable bonds is 5. The molecule has 0 fully saturated rings. The van der Waals surface area contributed by atoms with Gasteiger partial charge in [0, 0.05) is 11.5 Å². The SMILES string of the molecule is CCOC(=O)C(C)Cn1ccc(CBr)n1. The van der Waals surface area contributed by atoms with Gasteiger partial charge >= 0.3 is 5.97 Å². The van der Waals surface area contributed by atoms with Gasteiger partial charge in [0.15, 0.2) is 0 Å². The molecule has 1 aromatic rings. The van der Waals surface area contributed by atoms with Crippen LogP contribution in [-0.2, 0) is 21.4 Å². The molecule has 0 saturated heterocycles. The molecule has 1 rings (SSSR count). The summed E-state index contributed by atoms with van der Waals surface area (Å²) in [4.78, 5) is 11.4. The van der Waals surface area contributed by atoms with Gasteiger partial charge in [0.1, 0.15) is 0 Å². The van der Waals surface area contributed by atoms with Crippen LogP contribution in [0, 0.1) is 5.92 Å². The summed E-state index contributed by atoms with van der Waals surface area (Å²) in [7, 11) is 0. The number of carbonyl (C=O) groups excluding carboxylic acids is 1. The van der Waals surface area contributed by atoms with E-state index in [2.05, 4.69) is 21.0 Å². The first-order chi connectivity index (χ1) is 7.17. The maximum atomic E-state index is 11.4. The van der Waals surface area contributed by atoms with Crippen LogP contribution in [0.25, 0.3) is 0 Å². The van der Waals surface area contributed by atoms with E-state index in [0.717, 1.165) is 11.0 Å². The molecule has 0 radical (unpaired) electrons. The van der Waals surface area contributed by atoms with E-state index in [9.17, 15) is 4.79 Å². The highest BCUT2D eigenvalue weighted by Gasteiger charge is 2.14. The van der Waals surface area contributed by atoms with Crippen LogP contribution in [0.1, 0.15) is 19.5 Å². The van der Waals surface area contributed by atoms with E-state index >= 15 is 0 Å². The normalized spacial score (nSPS) is 12.5. The topological polar surface area (TPSA) is 44.1 Å². The Kier molecular flexibility index (Phi) is 4.81. The summed E-state index contributed by atoms with van der Waals surface area (Å²) >= 11 is 3.32. The van der Waals surface area contributed by atoms with Gasteiger partial charge in [0.05, 0.1) is 24.8 Å². The lowest BCUT2D eigenvalue weighted by Gasteiger charge is -2.09. The molecule has 4 nitrogen and oxygen atoms in total. The van der Waals surface area contributed by atoms with Crippen molar-refractivity contribution in [2.45, 2.75) is 25.7 Å². The minimum atomic E-state index is -0.173. The lowest BCUT2D eigenvalue weighted by molar-refractivity contribution is -0.147. The molecule has 0 bridgehead atoms. The minimum Gasteiger partial charge on any atom is -0.466 e. The highest BCUT2D eigenvalue weighted by molar-refractivity contribution is 9.08. The standard InChI is InChI=1S/C10H15BrN2O2/c1-3-15-10(14)8(2)7-13-5-4-9(6-11)12-13/h4-5,8H,3,6-7H2,1-2H3. The summed E-state index contributed by atoms with van der Waals surface area (Å²) in [6.45, 7) is 4.63. The summed E-state index contributed by atoms with van der Waals surface area (Å²) < 4.78 is 6.68. The smallest absolute Gasteiger partial charge is 0.310 e. The van der Waals surface area contributed by atoms with Crippen LogP contribution >= 0.6 is 15.9 Å². The molecule has 1 heterocycles. The molecule has 5 heteroatoms. The Labute approximate surface area is 97.7 Å². The Morgan fingerprint density at radius 1 is 1.73 bits per heavy atom. The summed E-state index contributed by atoms with van der Waals surface area (Å²) in [6.07, 6.45) is 1.87. The molecule has 0 aliphatic carbocycles. The third kappa shape index (κ3) is 3.66. The number of ether oxygens (including phenoxy) is 1. The second-order valence-corrected chi connectivity index (χ2v) is 3.88. The van der Waals surface area contributed by atoms with Crippen molar-refractivity contribution in [1.82, 2.24) is 9.78 Å². The molecule has 1 atom stereocenters. The maximum absolute atomic E-state index is 11.4. The number of esters is 1. The molecular formula is C10H15BrN2O2. The van der Waals surface area contributed by atoms with Crippen LogP contribution in [0.2, 0.25) is 0 Å². The number of aromatic nitrogens is 2. The molecule has 15 heavy (non-hydrogen) atoms. The van der Waals surface area contributed by atoms with Crippen LogP contribution in [-0.4, -0.2) is 22.4 Å². The molecule has 84 valence electrons. The third-order valence-electron chi connectivity index (χ3n) is 1.98. The molecule has 0 saturated carbocycles. The largest absolute Gasteiger partial charge is 0.466 e. The number of carbonyl (C=O) groups is 1. The third-order valence-corrected chi connectivity index (χ3v) is 2.56. The van der Waals surface area contributed by atoms with Gasteiger partial charge in [-0.3, -0.25) is 9.48 Å². The predicted molar refractivity (Wildman–Crippen MR) is 60.7 cm³/mol. The highest BCUT2D eigenvalue weighted by atomic mass is 79.9. The van der Waals surface area contributed by atoms with Crippen molar-refractivity contribution in [3.63, 3.8) is 0 Å². The van der Waals surface area contributed by atoms with E-state index in [1.54, 1.807) is 4.68 Å². The number of alkyl halides is 1. The van der Waals surface area contributed by atoms with Gasteiger partial charge in [0.25, 0.3) is 0 Å². The van der Waals surface area contributed by atoms with Crippen LogP contribution < -0.4 is 0 Å². The molecule has 0 amide bonds. The van der Waals surface area contributed by atoms with Crippen molar-refractivity contribution in [2.75, 3.05) is 6.61 Å². The van der Waals surface area contributed by atoms with Crippen molar-refractivity contribution in [3.05, 3.63) is 18.0 Å². The fourth-order valence-electron chi connectivity index (χ4n) is 1.22. The molecule has 0 spiro atoms. The van der Waals surface area contributed by atoms with Gasteiger partial charge in [-0.1, -0.05) is 22.9 Å². The van der Waals surface area contributed by atoms with Crippen LogP contribution in [0.15, 0.2) is 12.3 Å². The highest BCUT2D eigenvalue weighted by Crippen LogP contribution is 2.06. The molecule has 1 unspecified atom stereocenters. The predicted octanol–water partition coefficient (Wildman–Crippen LogP) is 1.98. The lowest BCUT2D eigenvalue weighted by Crippen LogP contribution is -2.20. The average Bonchev–Trinajstić information content (AvgIpc) is 2.66. The Balaban J connectivity index is 2.50. The number of halogens is 1. The van der Waals surface area contributed by atoms with E-state index in [0.29, 0.717) is 13.2 Å². The van der Waals surface area contributed by atoms with E-state index in [4.69, 9.17) is 4.74 Å². The van der Waals surface area contributed by atoms with Crippen molar-refractivity contribution in [2.24, 2.45) is 5.92 Å². The van der Waals surface area contributed by atoms with Crippen molar-refractivity contribution in [1.29, 1.82) is 0 Å². The summed E-state index contributed by atoms with van der Waals surface area (Å²) in [6, 6.07) is 1.92. The maximum Gasteiger partial charge on any atom is 0.310 e. The Hall–Kier alpha value is -0.840. The van der Waals surface area contributed by atoms with Gasteiger partial charge < -0.3 is 4.74 Å². The van der Waals surface area contributed by atoms with Crippen LogP contribution in [0.4, 0.5) is 0 Å². The Morgan fingerprint density at radius 3 is 3.00 bits per heavy atom. The molecule has 0 N–H and O–H groups in total. The number of hydrogen-bond donors (Lipinski definition) is 0. The Bertz CT molecular complexity index is 325. The summed E-state index contributed by atoms with van der Waals surface area (Å²) in [5.41, 5.74) is 0.964. The van der Waals surface area contributed by atoms with Crippen LogP contribution in [0.5, 0.6) is 0 Å². The first kappa shape index (κ1) is 12.2. The molecular weight excluding hydrogens is 260 g/mol. The van der Waals surface area contributed by atoms with E-state index in [-0.39, 0.29) is 11.9 Å². The zero-order valence-corrected chi connectivity index (χ0v) is 10.5. The van der Waals surface area contributed by atoms with Crippen molar-refractivity contribution < 1.29 is 9.53 Å². The van der Waals surface area contributed by atoms with Gasteiger partial charge in [-0.15, -0.1) is 0 Å². The first-order valence-corrected chi connectivity index (χ1v) is 6.04. The lowest BCUT2D eigenvalue weighted by atomic mass is 10.2. The van der Waals surface area contributed by atoms with E-state index in [1.807, 2.05) is 26.1 Å². The van der Waals surface area contributed by atoms with Gasteiger partial charge in [-0.05, 0) is 13.0 Å². The number of nitrogens with zero attached hydrogens (tertiary/aromatic N) is 2. The van der Waals surface area contributed by atoms with Crippen LogP contribution in [0.3, 0.4) is 0 Å².